The van der Waals surface area contributed by atoms with Crippen molar-refractivity contribution in [2.45, 2.75) is 19.3 Å². The van der Waals surface area contributed by atoms with Gasteiger partial charge in [-0.15, -0.1) is 10.2 Å². The van der Waals surface area contributed by atoms with Crippen molar-refractivity contribution < 1.29 is 37.5 Å². The predicted molar refractivity (Wildman–Crippen MR) is 225 cm³/mol. The lowest BCUT2D eigenvalue weighted by Crippen LogP contribution is -2.29. The van der Waals surface area contributed by atoms with Crippen LogP contribution in [0.2, 0.25) is 5.02 Å². The molecular formula is C47H29ClN6O8. The average molecular weight is 841 g/mol. The number of aromatic nitrogens is 4. The number of carbonyl (C=O) groups excluding carboxylic acids is 4. The summed E-state index contributed by atoms with van der Waals surface area (Å²) in [7, 11) is 0. The van der Waals surface area contributed by atoms with E-state index < -0.39 is 29.0 Å². The van der Waals surface area contributed by atoms with Gasteiger partial charge >= 0.3 is 12.0 Å². The van der Waals surface area contributed by atoms with Gasteiger partial charge in [-0.3, -0.25) is 19.2 Å². The zero-order chi connectivity index (χ0) is 42.7. The molecule has 2 aromatic heterocycles. The Morgan fingerprint density at radius 1 is 0.468 bits per heavy atom. The van der Waals surface area contributed by atoms with E-state index in [-0.39, 0.29) is 46.1 Å². The fraction of sp³-hybridized carbons (Fsp3) is 0.0638. The van der Waals surface area contributed by atoms with E-state index in [1.54, 1.807) is 54.6 Å². The third-order valence-electron chi connectivity index (χ3n) is 10.7. The highest BCUT2D eigenvalue weighted by atomic mass is 35.5. The Bertz CT molecular complexity index is 3110. The first-order chi connectivity index (χ1) is 30.0. The van der Waals surface area contributed by atoms with E-state index in [4.69, 9.17) is 29.9 Å². The zero-order valence-corrected chi connectivity index (χ0v) is 33.4. The van der Waals surface area contributed by atoms with Crippen molar-refractivity contribution in [1.82, 2.24) is 20.4 Å². The van der Waals surface area contributed by atoms with Crippen LogP contribution >= 0.6 is 11.6 Å². The molecular weight excluding hydrogens is 812 g/mol. The van der Waals surface area contributed by atoms with Crippen molar-refractivity contribution in [2.24, 2.45) is 0 Å². The number of anilines is 2. The third-order valence-corrected chi connectivity index (χ3v) is 11.0. The average Bonchev–Trinajstić information content (AvgIpc) is 4.07. The fourth-order valence-electron chi connectivity index (χ4n) is 7.28. The normalized spacial score (nSPS) is 13.5. The van der Waals surface area contributed by atoms with Gasteiger partial charge < -0.3 is 18.3 Å². The van der Waals surface area contributed by atoms with E-state index in [2.05, 4.69) is 34.2 Å². The quantitative estimate of drug-likeness (QED) is 0.120. The van der Waals surface area contributed by atoms with Crippen molar-refractivity contribution in [1.29, 1.82) is 0 Å². The highest BCUT2D eigenvalue weighted by molar-refractivity contribution is 6.35. The number of amides is 4. The second-order valence-electron chi connectivity index (χ2n) is 14.8. The van der Waals surface area contributed by atoms with Gasteiger partial charge in [-0.25, -0.2) is 0 Å². The van der Waals surface area contributed by atoms with Gasteiger partial charge in [0, 0.05) is 11.0 Å². The summed E-state index contributed by atoms with van der Waals surface area (Å²) in [6.07, 6.45) is 0. The molecule has 6 aromatic carbocycles. The number of benzene rings is 6. The summed E-state index contributed by atoms with van der Waals surface area (Å²) in [6.45, 7) is 4.19. The molecule has 2 aliphatic heterocycles. The molecule has 0 radical (unpaired) electrons. The SMILES string of the molecule is CC(C)(c1ccc(Oc2ccc3c(c2)C(=O)N(c2nnc(-c4ccccc4)o2)C3=O)cc1)c1ccc(Oc2ccc3c(c2)C(=O)N(c2nnc(-c4ccccc4Cl)o2)C3=O)cc1. The molecule has 302 valence electrons. The van der Waals surface area contributed by atoms with Gasteiger partial charge in [0.25, 0.3) is 29.5 Å². The molecule has 0 fully saturated rings. The Kier molecular flexibility index (Phi) is 9.07. The van der Waals surface area contributed by atoms with Crippen LogP contribution in [0.1, 0.15) is 66.4 Å². The Morgan fingerprint density at radius 2 is 0.903 bits per heavy atom. The number of hydrogen-bond donors (Lipinski definition) is 0. The van der Waals surface area contributed by atoms with Gasteiger partial charge in [0.1, 0.15) is 23.0 Å². The molecule has 0 spiro atoms. The highest BCUT2D eigenvalue weighted by Gasteiger charge is 2.42. The highest BCUT2D eigenvalue weighted by Crippen LogP contribution is 2.38. The summed E-state index contributed by atoms with van der Waals surface area (Å²) >= 11 is 6.26. The van der Waals surface area contributed by atoms with E-state index in [9.17, 15) is 19.2 Å². The van der Waals surface area contributed by atoms with Crippen LogP contribution in [0.15, 0.2) is 148 Å². The van der Waals surface area contributed by atoms with Crippen LogP contribution in [-0.2, 0) is 5.41 Å². The number of nitrogens with zero attached hydrogens (tertiary/aromatic N) is 6. The van der Waals surface area contributed by atoms with Gasteiger partial charge in [0.05, 0.1) is 32.8 Å². The van der Waals surface area contributed by atoms with E-state index in [1.807, 2.05) is 66.7 Å². The molecule has 62 heavy (non-hydrogen) atoms. The van der Waals surface area contributed by atoms with Crippen molar-refractivity contribution in [3.05, 3.63) is 178 Å². The summed E-state index contributed by atoms with van der Waals surface area (Å²) in [5, 5.41) is 16.3. The van der Waals surface area contributed by atoms with Crippen LogP contribution in [0.5, 0.6) is 23.0 Å². The summed E-state index contributed by atoms with van der Waals surface area (Å²) < 4.78 is 23.6. The number of rotatable bonds is 10. The standard InChI is InChI=1S/C47H29ClN6O8/c1-47(2,27-12-16-29(17-13-27)59-31-20-22-33-36(24-31)43(57)53(41(33)55)45-51-49-39(61-45)26-8-4-3-5-9-26)28-14-18-30(19-15-28)60-32-21-23-34-37(25-32)44(58)54(42(34)56)46-52-50-40(62-46)35-10-6-7-11-38(35)48/h3-25H,1-2H3. The first-order valence-corrected chi connectivity index (χ1v) is 19.5. The monoisotopic (exact) mass is 840 g/mol. The number of imide groups is 2. The van der Waals surface area contributed by atoms with Crippen LogP contribution in [0.25, 0.3) is 22.9 Å². The van der Waals surface area contributed by atoms with Crippen molar-refractivity contribution >= 4 is 47.3 Å². The topological polar surface area (TPSA) is 171 Å². The van der Waals surface area contributed by atoms with Crippen molar-refractivity contribution in [3.8, 4) is 45.9 Å². The predicted octanol–water partition coefficient (Wildman–Crippen LogP) is 9.95. The summed E-state index contributed by atoms with van der Waals surface area (Å²) in [5.74, 6) is -0.334. The molecule has 0 unspecified atom stereocenters. The first kappa shape index (κ1) is 38.0. The molecule has 15 heteroatoms. The van der Waals surface area contributed by atoms with E-state index in [1.165, 1.54) is 18.2 Å². The Labute approximate surface area is 356 Å². The molecule has 4 amide bonds. The number of fused-ring (bicyclic) bond motifs is 2. The summed E-state index contributed by atoms with van der Waals surface area (Å²) in [5.41, 5.74) is 3.39. The molecule has 0 saturated carbocycles. The van der Waals surface area contributed by atoms with Crippen LogP contribution < -0.4 is 19.3 Å². The minimum Gasteiger partial charge on any atom is -0.457 e. The minimum absolute atomic E-state index is 0.0735. The fourth-order valence-corrected chi connectivity index (χ4v) is 7.50. The van der Waals surface area contributed by atoms with Crippen molar-refractivity contribution in [3.63, 3.8) is 0 Å². The molecule has 8 aromatic rings. The molecule has 0 aliphatic carbocycles. The Hall–Kier alpha value is -8.23. The van der Waals surface area contributed by atoms with E-state index in [0.717, 1.165) is 20.9 Å². The van der Waals surface area contributed by atoms with Crippen LogP contribution in [0.4, 0.5) is 12.0 Å². The number of halogens is 1. The van der Waals surface area contributed by atoms with Crippen LogP contribution in [0, 0.1) is 0 Å². The molecule has 0 bridgehead atoms. The number of ether oxygens (including phenoxy) is 2. The Balaban J connectivity index is 0.792. The van der Waals surface area contributed by atoms with Gasteiger partial charge in [-0.1, -0.05) is 90.2 Å². The zero-order valence-electron chi connectivity index (χ0n) is 32.6. The van der Waals surface area contributed by atoms with Gasteiger partial charge in [0.15, 0.2) is 0 Å². The maximum atomic E-state index is 13.4. The largest absolute Gasteiger partial charge is 0.457 e. The molecule has 0 atom stereocenters. The minimum atomic E-state index is -0.622. The second-order valence-corrected chi connectivity index (χ2v) is 15.2. The molecule has 4 heterocycles. The molecule has 0 saturated heterocycles. The number of hydrogen-bond acceptors (Lipinski definition) is 12. The third kappa shape index (κ3) is 6.55. The van der Waals surface area contributed by atoms with E-state index in [0.29, 0.717) is 39.1 Å². The van der Waals surface area contributed by atoms with Gasteiger partial charge in [0.2, 0.25) is 5.89 Å². The number of carbonyl (C=O) groups is 4. The summed E-state index contributed by atoms with van der Waals surface area (Å²) in [4.78, 5) is 55.0. The van der Waals surface area contributed by atoms with Gasteiger partial charge in [-0.2, -0.15) is 9.80 Å². The molecule has 14 nitrogen and oxygen atoms in total. The maximum Gasteiger partial charge on any atom is 0.332 e. The second kappa shape index (κ2) is 14.8. The van der Waals surface area contributed by atoms with E-state index >= 15 is 0 Å². The molecule has 2 aliphatic rings. The lowest BCUT2D eigenvalue weighted by Gasteiger charge is -2.26. The maximum absolute atomic E-state index is 13.4. The smallest absolute Gasteiger partial charge is 0.332 e. The van der Waals surface area contributed by atoms with Gasteiger partial charge in [-0.05, 0) is 96.1 Å². The molecule has 0 N–H and O–H groups in total. The van der Waals surface area contributed by atoms with Crippen LogP contribution in [-0.4, -0.2) is 44.0 Å². The Morgan fingerprint density at radius 3 is 1.42 bits per heavy atom. The summed E-state index contributed by atoms with van der Waals surface area (Å²) in [6, 6.07) is 39.9. The lowest BCUT2D eigenvalue weighted by molar-refractivity contribution is 0.0902. The lowest BCUT2D eigenvalue weighted by atomic mass is 9.78. The van der Waals surface area contributed by atoms with Crippen LogP contribution in [0.3, 0.4) is 0 Å². The molecule has 10 rings (SSSR count). The van der Waals surface area contributed by atoms with Crippen molar-refractivity contribution in [2.75, 3.05) is 9.80 Å². The first-order valence-electron chi connectivity index (χ1n) is 19.1.